The molecule has 0 aliphatic heterocycles. The Balaban J connectivity index is 2.95. The van der Waals surface area contributed by atoms with Gasteiger partial charge in [0.05, 0.1) is 16.8 Å². The summed E-state index contributed by atoms with van der Waals surface area (Å²) in [6, 6.07) is 3.17. The molecule has 0 aliphatic rings. The maximum atomic E-state index is 11.7. The molecule has 4 nitrogen and oxygen atoms in total. The second kappa shape index (κ2) is 6.97. The molecule has 0 heterocycles. The van der Waals surface area contributed by atoms with Crippen LogP contribution < -0.4 is 15.8 Å². The zero-order chi connectivity index (χ0) is 13.7. The summed E-state index contributed by atoms with van der Waals surface area (Å²) in [5.41, 5.74) is 6.12. The van der Waals surface area contributed by atoms with Crippen LogP contribution in [0.5, 0.6) is 5.75 Å². The third kappa shape index (κ3) is 4.48. The molecule has 1 unspecified atom stereocenters. The number of ether oxygens (including phenoxy) is 1. The summed E-state index contributed by atoms with van der Waals surface area (Å²) in [4.78, 5) is 11.7. The Kier molecular flexibility index (Phi) is 5.91. The summed E-state index contributed by atoms with van der Waals surface area (Å²) < 4.78 is 6.18. The van der Waals surface area contributed by atoms with Gasteiger partial charge in [-0.05, 0) is 41.9 Å². The molecule has 1 amide bonds. The smallest absolute Gasteiger partial charge is 0.226 e. The van der Waals surface area contributed by atoms with Crippen molar-refractivity contribution in [2.24, 2.45) is 5.73 Å². The average molecular weight is 336 g/mol. The molecule has 0 aromatic heterocycles. The van der Waals surface area contributed by atoms with Gasteiger partial charge >= 0.3 is 0 Å². The summed E-state index contributed by atoms with van der Waals surface area (Å²) in [6.07, 6.45) is 0.246. The van der Waals surface area contributed by atoms with Gasteiger partial charge in [0.1, 0.15) is 0 Å². The number of halogens is 2. The number of nitrogens with one attached hydrogen (secondary N) is 1. The third-order valence-corrected chi connectivity index (χ3v) is 2.89. The Bertz CT molecular complexity index is 438. The van der Waals surface area contributed by atoms with E-state index in [1.807, 2.05) is 6.92 Å². The largest absolute Gasteiger partial charge is 0.491 e. The number of amides is 1. The van der Waals surface area contributed by atoms with Crippen molar-refractivity contribution < 1.29 is 9.53 Å². The van der Waals surface area contributed by atoms with E-state index in [2.05, 4.69) is 21.2 Å². The van der Waals surface area contributed by atoms with Gasteiger partial charge in [0, 0.05) is 17.5 Å². The lowest BCUT2D eigenvalue weighted by molar-refractivity contribution is -0.116. The van der Waals surface area contributed by atoms with Crippen molar-refractivity contribution in [2.75, 3.05) is 11.9 Å². The highest BCUT2D eigenvalue weighted by atomic mass is 79.9. The second-order valence-electron chi connectivity index (χ2n) is 3.93. The molecule has 0 aliphatic carbocycles. The molecule has 18 heavy (non-hydrogen) atoms. The van der Waals surface area contributed by atoms with Crippen LogP contribution in [0, 0.1) is 0 Å². The fraction of sp³-hybridized carbons (Fsp3) is 0.417. The topological polar surface area (TPSA) is 64.3 Å². The summed E-state index contributed by atoms with van der Waals surface area (Å²) in [6.45, 7) is 4.14. The quantitative estimate of drug-likeness (QED) is 0.868. The summed E-state index contributed by atoms with van der Waals surface area (Å²) in [5.74, 6) is 0.403. The third-order valence-electron chi connectivity index (χ3n) is 2.08. The molecule has 0 saturated carbocycles. The lowest BCUT2D eigenvalue weighted by Crippen LogP contribution is -2.24. The molecule has 1 aromatic rings. The van der Waals surface area contributed by atoms with Crippen LogP contribution in [0.4, 0.5) is 5.69 Å². The number of nitrogens with two attached hydrogens (primary N) is 1. The van der Waals surface area contributed by atoms with Crippen molar-refractivity contribution in [3.05, 3.63) is 21.6 Å². The first-order valence-electron chi connectivity index (χ1n) is 5.61. The zero-order valence-corrected chi connectivity index (χ0v) is 12.6. The first kappa shape index (κ1) is 15.3. The van der Waals surface area contributed by atoms with Gasteiger partial charge in [-0.2, -0.15) is 0 Å². The minimum atomic E-state index is -0.192. The summed E-state index contributed by atoms with van der Waals surface area (Å²) in [7, 11) is 0. The average Bonchev–Trinajstić information content (AvgIpc) is 2.21. The molecular weight excluding hydrogens is 320 g/mol. The Morgan fingerprint density at radius 1 is 1.61 bits per heavy atom. The van der Waals surface area contributed by atoms with E-state index in [1.54, 1.807) is 19.1 Å². The van der Waals surface area contributed by atoms with Crippen molar-refractivity contribution in [3.8, 4) is 5.75 Å². The van der Waals surface area contributed by atoms with E-state index < -0.39 is 0 Å². The van der Waals surface area contributed by atoms with Gasteiger partial charge in [0.2, 0.25) is 5.91 Å². The highest BCUT2D eigenvalue weighted by molar-refractivity contribution is 9.10. The van der Waals surface area contributed by atoms with Gasteiger partial charge in [0.25, 0.3) is 0 Å². The minimum Gasteiger partial charge on any atom is -0.491 e. The SMILES string of the molecule is CCOc1c(Br)cc(Cl)cc1NC(=O)CC(C)N. The van der Waals surface area contributed by atoms with Gasteiger partial charge in [-0.15, -0.1) is 0 Å². The van der Waals surface area contributed by atoms with Gasteiger partial charge in [-0.1, -0.05) is 11.6 Å². The standard InChI is InChI=1S/C12H16BrClN2O2/c1-3-18-12-9(13)5-8(14)6-10(12)16-11(17)4-7(2)15/h5-7H,3-4,15H2,1-2H3,(H,16,17). The molecule has 0 spiro atoms. The van der Waals surface area contributed by atoms with Crippen LogP contribution in [-0.2, 0) is 4.79 Å². The minimum absolute atomic E-state index is 0.167. The van der Waals surface area contributed by atoms with Crippen molar-refractivity contribution >= 4 is 39.1 Å². The molecule has 3 N–H and O–H groups in total. The van der Waals surface area contributed by atoms with Crippen molar-refractivity contribution in [2.45, 2.75) is 26.3 Å². The molecule has 0 bridgehead atoms. The van der Waals surface area contributed by atoms with E-state index in [9.17, 15) is 4.79 Å². The highest BCUT2D eigenvalue weighted by Gasteiger charge is 2.13. The zero-order valence-electron chi connectivity index (χ0n) is 10.3. The Morgan fingerprint density at radius 3 is 2.83 bits per heavy atom. The molecule has 1 atom stereocenters. The normalized spacial score (nSPS) is 12.1. The number of benzene rings is 1. The lowest BCUT2D eigenvalue weighted by atomic mass is 10.2. The van der Waals surface area contributed by atoms with Crippen LogP contribution in [-0.4, -0.2) is 18.6 Å². The van der Waals surface area contributed by atoms with Gasteiger partial charge < -0.3 is 15.8 Å². The predicted molar refractivity (Wildman–Crippen MR) is 77.2 cm³/mol. The van der Waals surface area contributed by atoms with Crippen LogP contribution in [0.2, 0.25) is 5.02 Å². The van der Waals surface area contributed by atoms with Gasteiger partial charge in [-0.3, -0.25) is 4.79 Å². The second-order valence-corrected chi connectivity index (χ2v) is 5.22. The summed E-state index contributed by atoms with van der Waals surface area (Å²) in [5, 5.41) is 3.27. The van der Waals surface area contributed by atoms with Crippen LogP contribution in [0.1, 0.15) is 20.3 Å². The van der Waals surface area contributed by atoms with Gasteiger partial charge in [0.15, 0.2) is 5.75 Å². The monoisotopic (exact) mass is 334 g/mol. The number of hydrogen-bond donors (Lipinski definition) is 2. The molecule has 0 fully saturated rings. The number of anilines is 1. The van der Waals surface area contributed by atoms with E-state index in [0.29, 0.717) is 27.5 Å². The van der Waals surface area contributed by atoms with Crippen molar-refractivity contribution in [3.63, 3.8) is 0 Å². The molecular formula is C12H16BrClN2O2. The first-order chi connectivity index (χ1) is 8.43. The summed E-state index contributed by atoms with van der Waals surface area (Å²) >= 11 is 9.30. The lowest BCUT2D eigenvalue weighted by Gasteiger charge is -2.14. The van der Waals surface area contributed by atoms with Crippen LogP contribution in [0.25, 0.3) is 0 Å². The Morgan fingerprint density at radius 2 is 2.28 bits per heavy atom. The van der Waals surface area contributed by atoms with E-state index >= 15 is 0 Å². The van der Waals surface area contributed by atoms with E-state index in [1.165, 1.54) is 0 Å². The fourth-order valence-electron chi connectivity index (χ4n) is 1.44. The number of hydrogen-bond acceptors (Lipinski definition) is 3. The predicted octanol–water partition coefficient (Wildman–Crippen LogP) is 3.18. The maximum absolute atomic E-state index is 11.7. The van der Waals surface area contributed by atoms with E-state index in [4.69, 9.17) is 22.1 Å². The van der Waals surface area contributed by atoms with E-state index in [0.717, 1.165) is 0 Å². The molecule has 0 radical (unpaired) electrons. The van der Waals surface area contributed by atoms with Gasteiger partial charge in [-0.25, -0.2) is 0 Å². The van der Waals surface area contributed by atoms with E-state index in [-0.39, 0.29) is 18.4 Å². The van der Waals surface area contributed by atoms with Crippen molar-refractivity contribution in [1.82, 2.24) is 0 Å². The maximum Gasteiger partial charge on any atom is 0.226 e. The van der Waals surface area contributed by atoms with Crippen LogP contribution >= 0.6 is 27.5 Å². The Labute approximate surface area is 120 Å². The fourth-order valence-corrected chi connectivity index (χ4v) is 2.36. The number of rotatable bonds is 5. The number of carbonyl (C=O) groups is 1. The highest BCUT2D eigenvalue weighted by Crippen LogP contribution is 2.36. The Hall–Kier alpha value is -0.780. The molecule has 0 saturated heterocycles. The van der Waals surface area contributed by atoms with Crippen molar-refractivity contribution in [1.29, 1.82) is 0 Å². The molecule has 6 heteroatoms. The van der Waals surface area contributed by atoms with Crippen LogP contribution in [0.3, 0.4) is 0 Å². The first-order valence-corrected chi connectivity index (χ1v) is 6.78. The molecule has 1 rings (SSSR count). The molecule has 100 valence electrons. The molecule has 1 aromatic carbocycles. The number of carbonyl (C=O) groups excluding carboxylic acids is 1. The van der Waals surface area contributed by atoms with Crippen LogP contribution in [0.15, 0.2) is 16.6 Å².